The van der Waals surface area contributed by atoms with E-state index in [1.165, 1.54) is 18.2 Å². The molecule has 0 bridgehead atoms. The van der Waals surface area contributed by atoms with Crippen LogP contribution < -0.4 is 15.2 Å². The third kappa shape index (κ3) is 5.15. The Balaban J connectivity index is 2.17. The van der Waals surface area contributed by atoms with Crippen molar-refractivity contribution in [1.29, 1.82) is 5.26 Å². The van der Waals surface area contributed by atoms with E-state index in [0.29, 0.717) is 34.2 Å². The van der Waals surface area contributed by atoms with Crippen molar-refractivity contribution in [3.05, 3.63) is 80.9 Å². The average Bonchev–Trinajstić information content (AvgIpc) is 2.75. The lowest BCUT2D eigenvalue weighted by atomic mass is 10.1. The molecule has 10 nitrogen and oxygen atoms in total. The Labute approximate surface area is 189 Å². The second-order valence-electron chi connectivity index (χ2n) is 7.14. The fraction of sp³-hybridized carbons (Fsp3) is 0.0909. The topological polar surface area (TPSA) is 165 Å². The van der Waals surface area contributed by atoms with Gasteiger partial charge >= 0.3 is 0 Å². The molecule has 0 aliphatic rings. The predicted octanol–water partition coefficient (Wildman–Crippen LogP) is 4.08. The molecular formula is C22H18N4O6S. The number of aryl methyl sites for hydroxylation is 2. The number of anilines is 2. The fourth-order valence-corrected chi connectivity index (χ4v) is 3.87. The van der Waals surface area contributed by atoms with Crippen molar-refractivity contribution >= 4 is 33.4 Å². The molecule has 0 unspecified atom stereocenters. The Morgan fingerprint density at radius 2 is 1.73 bits per heavy atom. The van der Waals surface area contributed by atoms with E-state index in [1.54, 1.807) is 38.1 Å². The van der Waals surface area contributed by atoms with E-state index in [0.717, 1.165) is 6.07 Å². The van der Waals surface area contributed by atoms with Crippen LogP contribution in [0.25, 0.3) is 0 Å². The van der Waals surface area contributed by atoms with Crippen LogP contribution in [-0.4, -0.2) is 19.6 Å². The summed E-state index contributed by atoms with van der Waals surface area (Å²) >= 11 is 0. The highest BCUT2D eigenvalue weighted by Gasteiger charge is 2.26. The van der Waals surface area contributed by atoms with Crippen molar-refractivity contribution in [2.24, 2.45) is 5.14 Å². The molecule has 168 valence electrons. The van der Waals surface area contributed by atoms with Crippen LogP contribution in [0.3, 0.4) is 0 Å². The van der Waals surface area contributed by atoms with E-state index in [2.05, 4.69) is 5.32 Å². The van der Waals surface area contributed by atoms with Crippen LogP contribution in [0.2, 0.25) is 0 Å². The monoisotopic (exact) mass is 466 g/mol. The Hall–Kier alpha value is -4.27. The van der Waals surface area contributed by atoms with Gasteiger partial charge in [0.05, 0.1) is 16.6 Å². The first-order chi connectivity index (χ1) is 15.5. The lowest BCUT2D eigenvalue weighted by Crippen LogP contribution is -2.14. The standard InChI is InChI=1S/C22H18N4O6S/c1-13-7-16(12-27)8-14(2)22(13)32-20-9-18(25-17-5-3-15(11-23)4-6-17)19(26(28)29)10-21(20)33(24,30)31/h3-10,12,25H,1-2H3,(H2,24,30,31). The zero-order valence-electron chi connectivity index (χ0n) is 17.5. The molecule has 0 aliphatic carbocycles. The van der Waals surface area contributed by atoms with E-state index in [4.69, 9.17) is 15.1 Å². The Morgan fingerprint density at radius 3 is 2.21 bits per heavy atom. The van der Waals surface area contributed by atoms with Crippen molar-refractivity contribution < 1.29 is 22.9 Å². The largest absolute Gasteiger partial charge is 0.455 e. The van der Waals surface area contributed by atoms with Crippen LogP contribution in [-0.2, 0) is 10.0 Å². The number of rotatable bonds is 7. The minimum atomic E-state index is -4.40. The molecule has 3 aromatic rings. The Morgan fingerprint density at radius 1 is 1.12 bits per heavy atom. The summed E-state index contributed by atoms with van der Waals surface area (Å²) in [5, 5.41) is 28.7. The maximum Gasteiger partial charge on any atom is 0.294 e. The molecular weight excluding hydrogens is 448 g/mol. The van der Waals surface area contributed by atoms with E-state index < -0.39 is 25.5 Å². The molecule has 0 heterocycles. The van der Waals surface area contributed by atoms with Crippen LogP contribution in [0.4, 0.5) is 17.1 Å². The van der Waals surface area contributed by atoms with E-state index in [9.17, 15) is 23.3 Å². The van der Waals surface area contributed by atoms with Crippen molar-refractivity contribution in [2.75, 3.05) is 5.32 Å². The first-order valence-corrected chi connectivity index (χ1v) is 10.9. The summed E-state index contributed by atoms with van der Waals surface area (Å²) in [6, 6.07) is 13.2. The molecule has 11 heteroatoms. The summed E-state index contributed by atoms with van der Waals surface area (Å²) in [7, 11) is -4.40. The number of hydrogen-bond acceptors (Lipinski definition) is 8. The summed E-state index contributed by atoms with van der Waals surface area (Å²) < 4.78 is 30.3. The van der Waals surface area contributed by atoms with Gasteiger partial charge in [-0.2, -0.15) is 5.26 Å². The number of nitrogens with one attached hydrogen (secondary N) is 1. The van der Waals surface area contributed by atoms with Crippen LogP contribution in [0.15, 0.2) is 53.4 Å². The number of carbonyl (C=O) groups excluding carboxylic acids is 1. The minimum absolute atomic E-state index is 0.0491. The smallest absolute Gasteiger partial charge is 0.294 e. The van der Waals surface area contributed by atoms with Crippen molar-refractivity contribution in [3.63, 3.8) is 0 Å². The van der Waals surface area contributed by atoms with Crippen molar-refractivity contribution in [2.45, 2.75) is 18.7 Å². The highest BCUT2D eigenvalue weighted by molar-refractivity contribution is 7.89. The predicted molar refractivity (Wildman–Crippen MR) is 120 cm³/mol. The molecule has 0 aliphatic heterocycles. The number of sulfonamides is 1. The van der Waals surface area contributed by atoms with Gasteiger partial charge < -0.3 is 10.1 Å². The lowest BCUT2D eigenvalue weighted by molar-refractivity contribution is -0.384. The summed E-state index contributed by atoms with van der Waals surface area (Å²) in [5.41, 5.74) is 1.75. The first-order valence-electron chi connectivity index (χ1n) is 9.40. The molecule has 0 amide bonds. The number of nitrogens with two attached hydrogens (primary N) is 1. The van der Waals surface area contributed by atoms with Gasteiger partial charge in [-0.25, -0.2) is 13.6 Å². The third-order valence-electron chi connectivity index (χ3n) is 4.69. The first kappa shape index (κ1) is 23.4. The van der Waals surface area contributed by atoms with Crippen LogP contribution >= 0.6 is 0 Å². The molecule has 0 saturated heterocycles. The maximum absolute atomic E-state index is 12.2. The number of nitro benzene ring substituents is 1. The number of nitriles is 1. The summed E-state index contributed by atoms with van der Waals surface area (Å²) in [5.74, 6) is 0.0491. The summed E-state index contributed by atoms with van der Waals surface area (Å²) in [6.45, 7) is 3.35. The SMILES string of the molecule is Cc1cc(C=O)cc(C)c1Oc1cc(Nc2ccc(C#N)cc2)c([N+](=O)[O-])cc1S(N)(=O)=O. The summed E-state index contributed by atoms with van der Waals surface area (Å²) in [4.78, 5) is 21.4. The minimum Gasteiger partial charge on any atom is -0.455 e. The molecule has 3 rings (SSSR count). The molecule has 0 radical (unpaired) electrons. The second-order valence-corrected chi connectivity index (χ2v) is 8.67. The van der Waals surface area contributed by atoms with Gasteiger partial charge in [0.15, 0.2) is 0 Å². The number of ether oxygens (including phenoxy) is 1. The van der Waals surface area contributed by atoms with E-state index >= 15 is 0 Å². The number of carbonyl (C=O) groups is 1. The molecule has 0 fully saturated rings. The molecule has 0 aromatic heterocycles. The van der Waals surface area contributed by atoms with Gasteiger partial charge in [-0.1, -0.05) is 0 Å². The molecule has 0 atom stereocenters. The number of nitrogens with zero attached hydrogens (tertiary/aromatic N) is 2. The highest BCUT2D eigenvalue weighted by atomic mass is 32.2. The molecule has 33 heavy (non-hydrogen) atoms. The molecule has 0 saturated carbocycles. The van der Waals surface area contributed by atoms with Gasteiger partial charge in [-0.05, 0) is 61.4 Å². The van der Waals surface area contributed by atoms with Crippen molar-refractivity contribution in [3.8, 4) is 17.6 Å². The summed E-state index contributed by atoms with van der Waals surface area (Å²) in [6.07, 6.45) is 0.672. The molecule has 3 aromatic carbocycles. The zero-order valence-corrected chi connectivity index (χ0v) is 18.3. The van der Waals surface area contributed by atoms with Crippen molar-refractivity contribution in [1.82, 2.24) is 0 Å². The number of hydrogen-bond donors (Lipinski definition) is 2. The Bertz CT molecular complexity index is 1390. The van der Waals surface area contributed by atoms with Crippen LogP contribution in [0.5, 0.6) is 11.5 Å². The maximum atomic E-state index is 12.2. The average molecular weight is 466 g/mol. The fourth-order valence-electron chi connectivity index (χ4n) is 3.21. The van der Waals surface area contributed by atoms with Crippen LogP contribution in [0.1, 0.15) is 27.0 Å². The normalized spacial score (nSPS) is 10.8. The number of benzene rings is 3. The number of nitro groups is 1. The van der Waals surface area contributed by atoms with Gasteiger partial charge in [0.1, 0.15) is 28.4 Å². The highest BCUT2D eigenvalue weighted by Crippen LogP contribution is 2.40. The Kier molecular flexibility index (Phi) is 6.43. The van der Waals surface area contributed by atoms with Gasteiger partial charge in [0.2, 0.25) is 10.0 Å². The quantitative estimate of drug-likeness (QED) is 0.298. The molecule has 3 N–H and O–H groups in total. The number of aldehydes is 1. The van der Waals surface area contributed by atoms with E-state index in [1.807, 2.05) is 6.07 Å². The van der Waals surface area contributed by atoms with Gasteiger partial charge in [-0.15, -0.1) is 0 Å². The number of primary sulfonamides is 1. The molecule has 0 spiro atoms. The second kappa shape index (κ2) is 9.07. The van der Waals surface area contributed by atoms with Gasteiger partial charge in [0, 0.05) is 23.4 Å². The van der Waals surface area contributed by atoms with Gasteiger partial charge in [0.25, 0.3) is 5.69 Å². The van der Waals surface area contributed by atoms with Gasteiger partial charge in [-0.3, -0.25) is 14.9 Å². The van der Waals surface area contributed by atoms with Crippen LogP contribution in [0, 0.1) is 35.3 Å². The lowest BCUT2D eigenvalue weighted by Gasteiger charge is -2.16. The van der Waals surface area contributed by atoms with E-state index in [-0.39, 0.29) is 17.2 Å². The zero-order chi connectivity index (χ0) is 24.3. The third-order valence-corrected chi connectivity index (χ3v) is 5.62.